The number of carbonyl (C=O) groups is 2. The van der Waals surface area contributed by atoms with E-state index in [1.54, 1.807) is 0 Å². The fourth-order valence-electron chi connectivity index (χ4n) is 3.89. The summed E-state index contributed by atoms with van der Waals surface area (Å²) in [5.74, 6) is -0.713. The van der Waals surface area contributed by atoms with Crippen LogP contribution in [-0.2, 0) is 9.59 Å². The molecule has 2 heterocycles. The van der Waals surface area contributed by atoms with Gasteiger partial charge in [-0.25, -0.2) is 4.68 Å². The van der Waals surface area contributed by atoms with Crippen LogP contribution in [0.2, 0.25) is 0 Å². The number of benzene rings is 2. The Morgan fingerprint density at radius 2 is 1.94 bits per heavy atom. The van der Waals surface area contributed by atoms with Gasteiger partial charge in [-0.05, 0) is 54.7 Å². The number of hydrogen-bond donors (Lipinski definition) is 1. The normalized spacial score (nSPS) is 15.0. The summed E-state index contributed by atoms with van der Waals surface area (Å²) in [6.07, 6.45) is 4.13. The van der Waals surface area contributed by atoms with E-state index in [0.29, 0.717) is 28.1 Å². The molecule has 0 saturated carbocycles. The van der Waals surface area contributed by atoms with Crippen LogP contribution < -0.4 is 0 Å². The third-order valence-electron chi connectivity index (χ3n) is 5.88. The number of nitrogens with zero attached hydrogens (tertiary/aromatic N) is 3. The third kappa shape index (κ3) is 5.55. The molecule has 1 saturated heterocycles. The summed E-state index contributed by atoms with van der Waals surface area (Å²) in [4.78, 5) is 26.0. The number of thiocarbonyl (C=S) groups is 1. The molecule has 1 N–H and O–H groups in total. The average Bonchev–Trinajstić information content (AvgIpc) is 3.36. The fraction of sp³-hybridized carbons (Fsp3) is 0.259. The molecule has 3 aromatic rings. The molecule has 1 aliphatic heterocycles. The lowest BCUT2D eigenvalue weighted by molar-refractivity contribution is -0.137. The van der Waals surface area contributed by atoms with Crippen molar-refractivity contribution in [2.75, 3.05) is 6.54 Å². The van der Waals surface area contributed by atoms with Gasteiger partial charge in [0.25, 0.3) is 5.91 Å². The Bertz CT molecular complexity index is 1310. The monoisotopic (exact) mass is 505 g/mol. The first-order valence-electron chi connectivity index (χ1n) is 11.5. The molecular weight excluding hydrogens is 478 g/mol. The molecule has 6 nitrogen and oxygen atoms in total. The summed E-state index contributed by atoms with van der Waals surface area (Å²) in [5.41, 5.74) is 5.88. The zero-order valence-electron chi connectivity index (χ0n) is 19.9. The molecule has 0 bridgehead atoms. The first kappa shape index (κ1) is 24.9. The van der Waals surface area contributed by atoms with Gasteiger partial charge in [0.2, 0.25) is 0 Å². The minimum atomic E-state index is -0.886. The number of amides is 1. The second-order valence-electron chi connectivity index (χ2n) is 8.77. The predicted octanol–water partition coefficient (Wildman–Crippen LogP) is 6.04. The first-order chi connectivity index (χ1) is 16.7. The molecule has 0 spiro atoms. The van der Waals surface area contributed by atoms with Crippen molar-refractivity contribution in [3.63, 3.8) is 0 Å². The van der Waals surface area contributed by atoms with Gasteiger partial charge < -0.3 is 5.11 Å². The molecule has 8 heteroatoms. The van der Waals surface area contributed by atoms with Crippen molar-refractivity contribution in [3.05, 3.63) is 76.3 Å². The van der Waals surface area contributed by atoms with Crippen molar-refractivity contribution in [2.45, 2.75) is 39.5 Å². The van der Waals surface area contributed by atoms with Gasteiger partial charge in [-0.3, -0.25) is 14.5 Å². The SMILES string of the molecule is Cc1ccc(C(C)C)cc1-c1nn(-c2ccccc2)cc1C=C1SC(=S)N(CCCC(=O)O)C1=O. The molecule has 0 radical (unpaired) electrons. The topological polar surface area (TPSA) is 75.4 Å². The molecule has 2 aromatic carbocycles. The minimum Gasteiger partial charge on any atom is -0.481 e. The van der Waals surface area contributed by atoms with E-state index in [9.17, 15) is 9.59 Å². The number of aryl methyl sites for hydroxylation is 1. The quantitative estimate of drug-likeness (QED) is 0.297. The number of aromatic nitrogens is 2. The highest BCUT2D eigenvalue weighted by Gasteiger charge is 2.32. The largest absolute Gasteiger partial charge is 0.481 e. The molecule has 180 valence electrons. The van der Waals surface area contributed by atoms with Crippen LogP contribution in [0.4, 0.5) is 0 Å². The lowest BCUT2D eigenvalue weighted by atomic mass is 9.95. The minimum absolute atomic E-state index is 0.00439. The Labute approximate surface area is 214 Å². The van der Waals surface area contributed by atoms with Gasteiger partial charge in [-0.15, -0.1) is 0 Å². The van der Waals surface area contributed by atoms with Crippen molar-refractivity contribution in [3.8, 4) is 16.9 Å². The Morgan fingerprint density at radius 3 is 2.63 bits per heavy atom. The van der Waals surface area contributed by atoms with E-state index in [1.165, 1.54) is 22.2 Å². The molecule has 1 amide bonds. The van der Waals surface area contributed by atoms with Crippen LogP contribution in [0.25, 0.3) is 23.0 Å². The summed E-state index contributed by atoms with van der Waals surface area (Å²) < 4.78 is 2.28. The maximum atomic E-state index is 13.1. The van der Waals surface area contributed by atoms with Crippen LogP contribution >= 0.6 is 24.0 Å². The summed E-state index contributed by atoms with van der Waals surface area (Å²) in [6, 6.07) is 16.3. The number of carboxylic acid groups (broad SMARTS) is 1. The lowest BCUT2D eigenvalue weighted by Crippen LogP contribution is -2.29. The number of carboxylic acids is 1. The Hall–Kier alpha value is -3.23. The van der Waals surface area contributed by atoms with E-state index in [0.717, 1.165) is 28.1 Å². The van der Waals surface area contributed by atoms with E-state index in [-0.39, 0.29) is 12.3 Å². The van der Waals surface area contributed by atoms with Gasteiger partial charge in [0, 0.05) is 30.3 Å². The third-order valence-corrected chi connectivity index (χ3v) is 7.26. The van der Waals surface area contributed by atoms with Crippen LogP contribution in [0.3, 0.4) is 0 Å². The summed E-state index contributed by atoms with van der Waals surface area (Å²) in [7, 11) is 0. The summed E-state index contributed by atoms with van der Waals surface area (Å²) >= 11 is 6.66. The highest BCUT2D eigenvalue weighted by atomic mass is 32.2. The smallest absolute Gasteiger partial charge is 0.303 e. The second kappa shape index (κ2) is 10.6. The van der Waals surface area contributed by atoms with Crippen molar-refractivity contribution in [1.82, 2.24) is 14.7 Å². The Kier molecular flexibility index (Phi) is 7.52. The highest BCUT2D eigenvalue weighted by Crippen LogP contribution is 2.36. The number of para-hydroxylation sites is 1. The standard InChI is InChI=1S/C27H27N3O3S2/c1-17(2)19-12-11-18(3)22(14-19)25-20(16-30(28-25)21-8-5-4-6-9-21)15-23-26(33)29(27(34)35-23)13-7-10-24(31)32/h4-6,8-9,11-12,14-17H,7,10,13H2,1-3H3,(H,31,32). The number of hydrogen-bond acceptors (Lipinski definition) is 5. The fourth-order valence-corrected chi connectivity index (χ4v) is 5.19. The number of thioether (sulfide) groups is 1. The molecule has 4 rings (SSSR count). The van der Waals surface area contributed by atoms with Crippen molar-refractivity contribution in [1.29, 1.82) is 0 Å². The highest BCUT2D eigenvalue weighted by molar-refractivity contribution is 8.26. The Morgan fingerprint density at radius 1 is 1.20 bits per heavy atom. The molecular formula is C27H27N3O3S2. The average molecular weight is 506 g/mol. The van der Waals surface area contributed by atoms with Crippen molar-refractivity contribution in [2.24, 2.45) is 0 Å². The summed E-state index contributed by atoms with van der Waals surface area (Å²) in [6.45, 7) is 6.67. The van der Waals surface area contributed by atoms with E-state index < -0.39 is 5.97 Å². The molecule has 0 atom stereocenters. The van der Waals surface area contributed by atoms with Gasteiger partial charge in [-0.2, -0.15) is 5.10 Å². The van der Waals surface area contributed by atoms with Crippen LogP contribution in [-0.4, -0.2) is 42.5 Å². The zero-order valence-corrected chi connectivity index (χ0v) is 21.5. The predicted molar refractivity (Wildman–Crippen MR) is 145 cm³/mol. The molecule has 35 heavy (non-hydrogen) atoms. The van der Waals surface area contributed by atoms with E-state index in [4.69, 9.17) is 22.4 Å². The van der Waals surface area contributed by atoms with Gasteiger partial charge in [0.05, 0.1) is 10.6 Å². The van der Waals surface area contributed by atoms with Crippen LogP contribution in [0.1, 0.15) is 49.3 Å². The number of rotatable bonds is 8. The molecule has 1 fully saturated rings. The molecule has 0 aliphatic carbocycles. The summed E-state index contributed by atoms with van der Waals surface area (Å²) in [5, 5.41) is 13.8. The van der Waals surface area contributed by atoms with Gasteiger partial charge in [0.15, 0.2) is 0 Å². The lowest BCUT2D eigenvalue weighted by Gasteiger charge is -2.13. The van der Waals surface area contributed by atoms with E-state index in [2.05, 4.69) is 39.0 Å². The number of carbonyl (C=O) groups excluding carboxylic acids is 1. The maximum absolute atomic E-state index is 13.1. The van der Waals surface area contributed by atoms with Crippen molar-refractivity contribution < 1.29 is 14.7 Å². The first-order valence-corrected chi connectivity index (χ1v) is 12.7. The van der Waals surface area contributed by atoms with E-state index in [1.807, 2.05) is 47.3 Å². The molecule has 1 aromatic heterocycles. The zero-order chi connectivity index (χ0) is 25.1. The van der Waals surface area contributed by atoms with Crippen LogP contribution in [0, 0.1) is 6.92 Å². The second-order valence-corrected chi connectivity index (χ2v) is 10.4. The molecule has 1 aliphatic rings. The van der Waals surface area contributed by atoms with Crippen molar-refractivity contribution >= 4 is 46.3 Å². The van der Waals surface area contributed by atoms with Gasteiger partial charge >= 0.3 is 5.97 Å². The van der Waals surface area contributed by atoms with Gasteiger partial charge in [0.1, 0.15) is 10.0 Å². The number of aliphatic carboxylic acids is 1. The van der Waals surface area contributed by atoms with Gasteiger partial charge in [-0.1, -0.05) is 68.2 Å². The van der Waals surface area contributed by atoms with E-state index >= 15 is 0 Å². The Balaban J connectivity index is 1.76. The van der Waals surface area contributed by atoms with Crippen LogP contribution in [0.15, 0.2) is 59.6 Å². The maximum Gasteiger partial charge on any atom is 0.303 e. The molecule has 0 unspecified atom stereocenters. The van der Waals surface area contributed by atoms with Crippen LogP contribution in [0.5, 0.6) is 0 Å².